The summed E-state index contributed by atoms with van der Waals surface area (Å²) in [5.74, 6) is 1.87. The molecule has 7 nitrogen and oxygen atoms in total. The molecule has 0 aliphatic heterocycles. The Morgan fingerprint density at radius 1 is 1.13 bits per heavy atom. The van der Waals surface area contributed by atoms with Gasteiger partial charge < -0.3 is 15.0 Å². The van der Waals surface area contributed by atoms with Gasteiger partial charge >= 0.3 is 0 Å². The molecule has 2 N–H and O–H groups in total. The van der Waals surface area contributed by atoms with Gasteiger partial charge in [-0.2, -0.15) is 5.10 Å². The summed E-state index contributed by atoms with van der Waals surface area (Å²) in [4.78, 5) is 26.3. The Kier molecular flexibility index (Phi) is 7.44. The summed E-state index contributed by atoms with van der Waals surface area (Å²) in [6, 6.07) is 19.2. The highest BCUT2D eigenvalue weighted by Gasteiger charge is 2.23. The van der Waals surface area contributed by atoms with Gasteiger partial charge in [-0.1, -0.05) is 42.5 Å². The smallest absolute Gasteiger partial charge is 0.298 e. The van der Waals surface area contributed by atoms with Crippen molar-refractivity contribution in [3.63, 3.8) is 0 Å². The number of carbonyl (C=O) groups excluding carboxylic acids is 2. The van der Waals surface area contributed by atoms with E-state index in [0.29, 0.717) is 0 Å². The van der Waals surface area contributed by atoms with Crippen molar-refractivity contribution in [1.29, 1.82) is 0 Å². The number of hydrogen-bond acceptors (Lipinski definition) is 4. The molecule has 158 valence electrons. The van der Waals surface area contributed by atoms with Gasteiger partial charge in [-0.15, -0.1) is 6.42 Å². The first-order valence-corrected chi connectivity index (χ1v) is 9.80. The summed E-state index contributed by atoms with van der Waals surface area (Å²) in [5.41, 5.74) is 2.77. The van der Waals surface area contributed by atoms with Gasteiger partial charge in [-0.05, 0) is 35.2 Å². The van der Waals surface area contributed by atoms with E-state index in [4.69, 9.17) is 11.2 Å². The summed E-state index contributed by atoms with van der Waals surface area (Å²) in [5, 5.41) is 9.39. The van der Waals surface area contributed by atoms with Crippen molar-refractivity contribution in [3.05, 3.63) is 83.7 Å². The monoisotopic (exact) mass is 416 g/mol. The number of rotatable bonds is 9. The number of aromatic amines is 1. The normalized spacial score (nSPS) is 11.2. The van der Waals surface area contributed by atoms with E-state index in [1.807, 2.05) is 54.6 Å². The zero-order valence-electron chi connectivity index (χ0n) is 17.2. The van der Waals surface area contributed by atoms with Crippen molar-refractivity contribution in [2.75, 3.05) is 20.2 Å². The van der Waals surface area contributed by atoms with E-state index in [1.54, 1.807) is 19.4 Å². The van der Waals surface area contributed by atoms with Crippen molar-refractivity contribution < 1.29 is 14.3 Å². The van der Waals surface area contributed by atoms with Crippen LogP contribution in [0.5, 0.6) is 5.75 Å². The van der Waals surface area contributed by atoms with E-state index >= 15 is 0 Å². The number of H-pyrrole nitrogens is 1. The lowest BCUT2D eigenvalue weighted by Gasteiger charge is -2.26. The molecule has 3 aromatic rings. The molecule has 0 saturated carbocycles. The Morgan fingerprint density at radius 2 is 1.84 bits per heavy atom. The number of amides is 2. The molecule has 31 heavy (non-hydrogen) atoms. The van der Waals surface area contributed by atoms with Gasteiger partial charge in [0.05, 0.1) is 19.3 Å². The van der Waals surface area contributed by atoms with E-state index in [0.717, 1.165) is 22.6 Å². The number of aromatic nitrogens is 2. The third-order valence-electron chi connectivity index (χ3n) is 4.90. The second-order valence-corrected chi connectivity index (χ2v) is 6.93. The summed E-state index contributed by atoms with van der Waals surface area (Å²) in [6.07, 6.45) is 6.99. The van der Waals surface area contributed by atoms with E-state index in [1.165, 1.54) is 4.90 Å². The molecule has 0 radical (unpaired) electrons. The maximum Gasteiger partial charge on any atom is 0.298 e. The minimum atomic E-state index is -0.536. The molecular formula is C24H24N4O3. The van der Waals surface area contributed by atoms with Crippen LogP contribution in [0.3, 0.4) is 0 Å². The number of terminal acetylenes is 1. The lowest BCUT2D eigenvalue weighted by molar-refractivity contribution is -0.132. The van der Waals surface area contributed by atoms with Gasteiger partial charge in [0.1, 0.15) is 12.3 Å². The van der Waals surface area contributed by atoms with Crippen LogP contribution in [0.4, 0.5) is 0 Å². The van der Waals surface area contributed by atoms with Crippen LogP contribution in [0.15, 0.2) is 66.9 Å². The van der Waals surface area contributed by atoms with Gasteiger partial charge in [0.25, 0.3) is 5.91 Å². The van der Waals surface area contributed by atoms with Gasteiger partial charge in [-0.25, -0.2) is 0 Å². The second kappa shape index (κ2) is 10.6. The minimum absolute atomic E-state index is 0.142. The predicted octanol–water partition coefficient (Wildman–Crippen LogP) is 2.33. The molecule has 0 spiro atoms. The van der Waals surface area contributed by atoms with Crippen LogP contribution < -0.4 is 10.1 Å². The van der Waals surface area contributed by atoms with Crippen LogP contribution in [0.1, 0.15) is 22.7 Å². The third-order valence-corrected chi connectivity index (χ3v) is 4.90. The maximum absolute atomic E-state index is 12.5. The maximum atomic E-state index is 12.5. The molecule has 1 unspecified atom stereocenters. The second-order valence-electron chi connectivity index (χ2n) is 6.93. The predicted molar refractivity (Wildman–Crippen MR) is 117 cm³/mol. The van der Waals surface area contributed by atoms with Crippen LogP contribution in [0.25, 0.3) is 0 Å². The van der Waals surface area contributed by atoms with Gasteiger partial charge in [0.15, 0.2) is 0 Å². The van der Waals surface area contributed by atoms with Crippen molar-refractivity contribution in [1.82, 2.24) is 20.4 Å². The average molecular weight is 416 g/mol. The van der Waals surface area contributed by atoms with E-state index in [9.17, 15) is 9.59 Å². The highest BCUT2D eigenvalue weighted by molar-refractivity contribution is 5.95. The molecule has 1 heterocycles. The number of benzene rings is 2. The topological polar surface area (TPSA) is 87.3 Å². The molecule has 0 bridgehead atoms. The molecule has 0 aliphatic carbocycles. The molecule has 7 heteroatoms. The molecule has 0 fully saturated rings. The minimum Gasteiger partial charge on any atom is -0.497 e. The summed E-state index contributed by atoms with van der Waals surface area (Å²) in [7, 11) is 1.61. The van der Waals surface area contributed by atoms with Gasteiger partial charge in [0.2, 0.25) is 5.91 Å². The van der Waals surface area contributed by atoms with Crippen LogP contribution in [-0.2, 0) is 16.1 Å². The highest BCUT2D eigenvalue weighted by Crippen LogP contribution is 2.27. The van der Waals surface area contributed by atoms with Crippen LogP contribution in [0.2, 0.25) is 0 Å². The Hall–Kier alpha value is -4.05. The quantitative estimate of drug-likeness (QED) is 0.524. The lowest BCUT2D eigenvalue weighted by atomic mass is 9.90. The number of nitrogens with zero attached hydrogens (tertiary/aromatic N) is 2. The number of ether oxygens (including phenoxy) is 1. The zero-order valence-corrected chi connectivity index (χ0v) is 17.2. The largest absolute Gasteiger partial charge is 0.497 e. The Balaban J connectivity index is 1.79. The van der Waals surface area contributed by atoms with Gasteiger partial charge in [-0.3, -0.25) is 14.7 Å². The first-order chi connectivity index (χ1) is 15.1. The Labute approximate surface area is 181 Å². The summed E-state index contributed by atoms with van der Waals surface area (Å²) in [6.45, 7) is 0.408. The SMILES string of the molecule is C#CC(=O)N(CC(=O)NCc1ccn[nH]1)CC(c1ccccc1)c1ccc(OC)cc1. The van der Waals surface area contributed by atoms with Crippen LogP contribution in [-0.4, -0.2) is 47.1 Å². The average Bonchev–Trinajstić information content (AvgIpc) is 3.34. The molecule has 1 atom stereocenters. The molecule has 0 saturated heterocycles. The Morgan fingerprint density at radius 3 is 2.45 bits per heavy atom. The number of nitrogens with one attached hydrogen (secondary N) is 2. The van der Waals surface area contributed by atoms with Crippen LogP contribution >= 0.6 is 0 Å². The first kappa shape index (κ1) is 21.7. The van der Waals surface area contributed by atoms with E-state index < -0.39 is 5.91 Å². The van der Waals surface area contributed by atoms with Crippen LogP contribution in [0, 0.1) is 12.3 Å². The van der Waals surface area contributed by atoms with E-state index in [-0.39, 0.29) is 31.5 Å². The molecule has 3 rings (SSSR count). The Bertz CT molecular complexity index is 1020. The summed E-state index contributed by atoms with van der Waals surface area (Å²) >= 11 is 0. The van der Waals surface area contributed by atoms with Gasteiger partial charge in [0, 0.05) is 18.7 Å². The van der Waals surface area contributed by atoms with Crippen molar-refractivity contribution in [2.45, 2.75) is 12.5 Å². The van der Waals surface area contributed by atoms with Crippen molar-refractivity contribution in [2.24, 2.45) is 0 Å². The van der Waals surface area contributed by atoms with Crippen molar-refractivity contribution in [3.8, 4) is 18.1 Å². The molecule has 1 aromatic heterocycles. The molecular weight excluding hydrogens is 392 g/mol. The molecule has 2 aromatic carbocycles. The van der Waals surface area contributed by atoms with E-state index in [2.05, 4.69) is 21.4 Å². The number of methoxy groups -OCH3 is 1. The third kappa shape index (κ3) is 5.97. The fourth-order valence-electron chi connectivity index (χ4n) is 3.26. The summed E-state index contributed by atoms with van der Waals surface area (Å²) < 4.78 is 5.25. The highest BCUT2D eigenvalue weighted by atomic mass is 16.5. The van der Waals surface area contributed by atoms with Crippen molar-refractivity contribution >= 4 is 11.8 Å². The fraction of sp³-hybridized carbons (Fsp3) is 0.208. The standard InChI is InChI=1S/C24H24N4O3/c1-3-24(30)28(17-23(29)25-15-20-13-14-26-27-20)16-22(18-7-5-4-6-8-18)19-9-11-21(31-2)12-10-19/h1,4-14,22H,15-17H2,2H3,(H,25,29)(H,26,27). The first-order valence-electron chi connectivity index (χ1n) is 9.80. The number of carbonyl (C=O) groups is 2. The lowest BCUT2D eigenvalue weighted by Crippen LogP contribution is -2.42. The zero-order chi connectivity index (χ0) is 22.1. The fourth-order valence-corrected chi connectivity index (χ4v) is 3.26. The molecule has 0 aliphatic rings. The molecule has 2 amide bonds. The number of hydrogen-bond donors (Lipinski definition) is 2.